The summed E-state index contributed by atoms with van der Waals surface area (Å²) in [5, 5.41) is 0. The summed E-state index contributed by atoms with van der Waals surface area (Å²) >= 11 is 0. The molecule has 0 fully saturated rings. The van der Waals surface area contributed by atoms with Crippen molar-refractivity contribution in [3.63, 3.8) is 0 Å². The molecular weight excluding hydrogens is 296 g/mol. The fraction of sp³-hybridized carbons (Fsp3) is 0.333. The zero-order chi connectivity index (χ0) is 16.2. The van der Waals surface area contributed by atoms with E-state index in [1.54, 1.807) is 24.3 Å². The maximum atomic E-state index is 11.4. The topological polar surface area (TPSA) is 43.4 Å². The molecule has 0 aromatic heterocycles. The first-order chi connectivity index (χ1) is 10.4. The maximum Gasteiger partial charge on any atom is 0.175 e. The van der Waals surface area contributed by atoms with Gasteiger partial charge in [-0.25, -0.2) is 8.42 Å². The smallest absolute Gasteiger partial charge is 0.175 e. The van der Waals surface area contributed by atoms with Crippen LogP contribution >= 0.6 is 0 Å². The van der Waals surface area contributed by atoms with Gasteiger partial charge in [-0.1, -0.05) is 44.2 Å². The van der Waals surface area contributed by atoms with Gasteiger partial charge in [0, 0.05) is 6.26 Å². The molecule has 0 bridgehead atoms. The van der Waals surface area contributed by atoms with Crippen LogP contribution in [0.1, 0.15) is 25.0 Å². The van der Waals surface area contributed by atoms with Gasteiger partial charge in [0.2, 0.25) is 0 Å². The third-order valence-electron chi connectivity index (χ3n) is 3.35. The molecule has 0 aliphatic heterocycles. The Morgan fingerprint density at radius 3 is 2.23 bits per heavy atom. The van der Waals surface area contributed by atoms with Gasteiger partial charge >= 0.3 is 0 Å². The summed E-state index contributed by atoms with van der Waals surface area (Å²) in [5.41, 5.74) is 2.15. The highest BCUT2D eigenvalue weighted by Crippen LogP contribution is 2.22. The van der Waals surface area contributed by atoms with Crippen molar-refractivity contribution in [2.75, 3.05) is 6.26 Å². The second-order valence-corrected chi connectivity index (χ2v) is 7.93. The van der Waals surface area contributed by atoms with Crippen molar-refractivity contribution in [1.29, 1.82) is 0 Å². The highest BCUT2D eigenvalue weighted by Gasteiger charge is 2.08. The molecular formula is C18H22O3S. The minimum Gasteiger partial charge on any atom is -0.489 e. The summed E-state index contributed by atoms with van der Waals surface area (Å²) in [6.07, 6.45) is 2.18. The van der Waals surface area contributed by atoms with Gasteiger partial charge in [0.05, 0.1) is 4.90 Å². The molecule has 2 aromatic rings. The summed E-state index contributed by atoms with van der Waals surface area (Å²) in [5.74, 6) is 1.46. The molecule has 0 heterocycles. The van der Waals surface area contributed by atoms with Crippen molar-refractivity contribution in [2.45, 2.75) is 31.8 Å². The van der Waals surface area contributed by atoms with Gasteiger partial charge < -0.3 is 4.74 Å². The van der Waals surface area contributed by atoms with Gasteiger partial charge in [-0.3, -0.25) is 0 Å². The van der Waals surface area contributed by atoms with E-state index in [1.165, 1.54) is 11.8 Å². The summed E-state index contributed by atoms with van der Waals surface area (Å²) < 4.78 is 28.8. The Morgan fingerprint density at radius 1 is 1.00 bits per heavy atom. The van der Waals surface area contributed by atoms with Gasteiger partial charge in [-0.05, 0) is 41.7 Å². The van der Waals surface area contributed by atoms with Crippen molar-refractivity contribution in [2.24, 2.45) is 5.92 Å². The Balaban J connectivity index is 2.07. The predicted molar refractivity (Wildman–Crippen MR) is 88.9 cm³/mol. The van der Waals surface area contributed by atoms with Gasteiger partial charge in [0.15, 0.2) is 9.84 Å². The standard InChI is InChI=1S/C18H22O3S/c1-14(2)12-16-6-4-5-7-18(16)21-13-15-8-10-17(11-9-15)22(3,19)20/h4-11,14H,12-13H2,1-3H3. The van der Waals surface area contributed by atoms with Gasteiger partial charge in [-0.15, -0.1) is 0 Å². The Kier molecular flexibility index (Phi) is 5.24. The molecule has 0 saturated heterocycles. The van der Waals surface area contributed by atoms with Crippen molar-refractivity contribution >= 4 is 9.84 Å². The van der Waals surface area contributed by atoms with Crippen LogP contribution in [0.25, 0.3) is 0 Å². The lowest BCUT2D eigenvalue weighted by Gasteiger charge is -2.13. The predicted octanol–water partition coefficient (Wildman–Crippen LogP) is 3.87. The Hall–Kier alpha value is -1.81. The first-order valence-electron chi connectivity index (χ1n) is 7.36. The molecule has 0 N–H and O–H groups in total. The number of rotatable bonds is 6. The number of ether oxygens (including phenoxy) is 1. The number of hydrogen-bond acceptors (Lipinski definition) is 3. The lowest BCUT2D eigenvalue weighted by atomic mass is 10.0. The van der Waals surface area contributed by atoms with Gasteiger partial charge in [-0.2, -0.15) is 0 Å². The van der Waals surface area contributed by atoms with E-state index in [1.807, 2.05) is 18.2 Å². The Bertz CT molecular complexity index is 716. The second kappa shape index (κ2) is 6.97. The van der Waals surface area contributed by atoms with Crippen LogP contribution < -0.4 is 4.74 Å². The molecule has 0 atom stereocenters. The highest BCUT2D eigenvalue weighted by molar-refractivity contribution is 7.90. The molecule has 118 valence electrons. The van der Waals surface area contributed by atoms with E-state index in [0.29, 0.717) is 17.4 Å². The van der Waals surface area contributed by atoms with Gasteiger partial charge in [0.1, 0.15) is 12.4 Å². The van der Waals surface area contributed by atoms with Crippen LogP contribution in [-0.2, 0) is 22.9 Å². The van der Waals surface area contributed by atoms with Crippen molar-refractivity contribution < 1.29 is 13.2 Å². The SMILES string of the molecule is CC(C)Cc1ccccc1OCc1ccc(S(C)(=O)=O)cc1. The molecule has 3 nitrogen and oxygen atoms in total. The summed E-state index contributed by atoms with van der Waals surface area (Å²) in [4.78, 5) is 0.330. The van der Waals surface area contributed by atoms with Crippen molar-refractivity contribution in [1.82, 2.24) is 0 Å². The van der Waals surface area contributed by atoms with Crippen molar-refractivity contribution in [3.8, 4) is 5.75 Å². The lowest BCUT2D eigenvalue weighted by molar-refractivity contribution is 0.301. The Labute approximate surface area is 132 Å². The normalized spacial score (nSPS) is 11.6. The number of sulfone groups is 1. The van der Waals surface area contributed by atoms with Gasteiger partial charge in [0.25, 0.3) is 0 Å². The molecule has 0 saturated carbocycles. The molecule has 0 unspecified atom stereocenters. The molecule has 0 aliphatic carbocycles. The van der Waals surface area contributed by atoms with E-state index in [0.717, 1.165) is 17.7 Å². The van der Waals surface area contributed by atoms with Crippen LogP contribution in [0.4, 0.5) is 0 Å². The van der Waals surface area contributed by atoms with E-state index < -0.39 is 9.84 Å². The third-order valence-corrected chi connectivity index (χ3v) is 4.48. The monoisotopic (exact) mass is 318 g/mol. The molecule has 0 spiro atoms. The minimum atomic E-state index is -3.15. The lowest BCUT2D eigenvalue weighted by Crippen LogP contribution is -2.02. The van der Waals surface area contributed by atoms with E-state index in [-0.39, 0.29) is 0 Å². The first kappa shape index (κ1) is 16.6. The molecule has 0 radical (unpaired) electrons. The maximum absolute atomic E-state index is 11.4. The summed E-state index contributed by atoms with van der Waals surface area (Å²) in [6.45, 7) is 4.79. The molecule has 2 aromatic carbocycles. The third kappa shape index (κ3) is 4.60. The Morgan fingerprint density at radius 2 is 1.64 bits per heavy atom. The van der Waals surface area contributed by atoms with Crippen LogP contribution in [0.3, 0.4) is 0 Å². The number of hydrogen-bond donors (Lipinski definition) is 0. The van der Waals surface area contributed by atoms with E-state index in [9.17, 15) is 8.42 Å². The second-order valence-electron chi connectivity index (χ2n) is 5.91. The zero-order valence-electron chi connectivity index (χ0n) is 13.2. The van der Waals surface area contributed by atoms with Crippen molar-refractivity contribution in [3.05, 3.63) is 59.7 Å². The molecule has 0 amide bonds. The van der Waals surface area contributed by atoms with Crippen LogP contribution in [0, 0.1) is 5.92 Å². The fourth-order valence-electron chi connectivity index (χ4n) is 2.25. The highest BCUT2D eigenvalue weighted by atomic mass is 32.2. The van der Waals surface area contributed by atoms with E-state index >= 15 is 0 Å². The summed E-state index contributed by atoms with van der Waals surface area (Å²) in [7, 11) is -3.15. The summed E-state index contributed by atoms with van der Waals surface area (Å²) in [6, 6.07) is 14.9. The average Bonchev–Trinajstić information content (AvgIpc) is 2.45. The zero-order valence-corrected chi connectivity index (χ0v) is 14.1. The molecule has 0 aliphatic rings. The first-order valence-corrected chi connectivity index (χ1v) is 9.25. The number of para-hydroxylation sites is 1. The van der Waals surface area contributed by atoms with E-state index in [2.05, 4.69) is 19.9 Å². The molecule has 2 rings (SSSR count). The average molecular weight is 318 g/mol. The number of benzene rings is 2. The van der Waals surface area contributed by atoms with Crippen LogP contribution in [0.5, 0.6) is 5.75 Å². The van der Waals surface area contributed by atoms with Crippen LogP contribution in [0.15, 0.2) is 53.4 Å². The minimum absolute atomic E-state index is 0.330. The van der Waals surface area contributed by atoms with E-state index in [4.69, 9.17) is 4.74 Å². The fourth-order valence-corrected chi connectivity index (χ4v) is 2.88. The van der Waals surface area contributed by atoms with Crippen LogP contribution in [0.2, 0.25) is 0 Å². The van der Waals surface area contributed by atoms with Crippen LogP contribution in [-0.4, -0.2) is 14.7 Å². The molecule has 22 heavy (non-hydrogen) atoms. The largest absolute Gasteiger partial charge is 0.489 e. The molecule has 4 heteroatoms. The quantitative estimate of drug-likeness (QED) is 0.812.